The molecule has 19 heteroatoms. The van der Waals surface area contributed by atoms with Crippen molar-refractivity contribution in [2.75, 3.05) is 46.5 Å². The van der Waals surface area contributed by atoms with Crippen molar-refractivity contribution in [3.63, 3.8) is 0 Å². The molecule has 0 bridgehead atoms. The van der Waals surface area contributed by atoms with Crippen LogP contribution in [0.1, 0.15) is 95.1 Å². The predicted molar refractivity (Wildman–Crippen MR) is 286 cm³/mol. The Bertz CT molecular complexity index is 3020. The molecule has 0 unspecified atom stereocenters. The molecule has 4 atom stereocenters. The van der Waals surface area contributed by atoms with E-state index in [0.717, 1.165) is 28.7 Å². The lowest BCUT2D eigenvalue weighted by molar-refractivity contribution is -0.128. The number of anilines is 1. The number of carbonyl (C=O) groups is 6. The summed E-state index contributed by atoms with van der Waals surface area (Å²) < 4.78 is 33.4. The fraction of sp³-hybridized carbons (Fsp3) is 0.333. The average molecular weight is 1040 g/mol. The molecule has 8 rings (SSSR count). The van der Waals surface area contributed by atoms with Crippen molar-refractivity contribution >= 4 is 76.3 Å². The van der Waals surface area contributed by atoms with Crippen LogP contribution in [-0.4, -0.2) is 123 Å². The molecule has 4 heterocycles. The summed E-state index contributed by atoms with van der Waals surface area (Å²) in [5.74, 6) is -0.334. The van der Waals surface area contributed by atoms with Gasteiger partial charge in [0, 0.05) is 55.5 Å². The van der Waals surface area contributed by atoms with Gasteiger partial charge in [0.25, 0.3) is 11.8 Å². The van der Waals surface area contributed by atoms with Crippen molar-refractivity contribution in [2.45, 2.75) is 77.0 Å². The minimum atomic E-state index is -0.918. The zero-order chi connectivity index (χ0) is 54.0. The van der Waals surface area contributed by atoms with Crippen LogP contribution >= 0.6 is 0 Å². The van der Waals surface area contributed by atoms with Crippen LogP contribution < -0.4 is 34.9 Å². The van der Waals surface area contributed by atoms with E-state index < -0.39 is 36.0 Å². The lowest BCUT2D eigenvalue weighted by Crippen LogP contribution is -2.53. The molecule has 4 aromatic rings. The molecule has 396 valence electrons. The molecule has 4 aromatic carbocycles. The zero-order valence-corrected chi connectivity index (χ0v) is 43.3. The van der Waals surface area contributed by atoms with Crippen molar-refractivity contribution < 1.29 is 57.2 Å². The Hall–Kier alpha value is -8.74. The molecule has 0 radical (unpaired) electrons. The second kappa shape index (κ2) is 24.1. The molecule has 5 amide bonds. The number of hydrogen-bond acceptors (Lipinski definition) is 14. The molecule has 4 aliphatic heterocycles. The summed E-state index contributed by atoms with van der Waals surface area (Å²) in [7, 11) is 4.39. The molecule has 19 nitrogen and oxygen atoms in total. The van der Waals surface area contributed by atoms with Gasteiger partial charge in [-0.2, -0.15) is 0 Å². The Kier molecular flexibility index (Phi) is 17.0. The van der Waals surface area contributed by atoms with Crippen molar-refractivity contribution in [2.24, 2.45) is 15.9 Å². The van der Waals surface area contributed by atoms with Crippen LogP contribution in [0.25, 0.3) is 11.1 Å². The van der Waals surface area contributed by atoms with Gasteiger partial charge in [0.1, 0.15) is 18.7 Å². The Balaban J connectivity index is 0.805. The summed E-state index contributed by atoms with van der Waals surface area (Å²) in [6.07, 6.45) is 11.1. The van der Waals surface area contributed by atoms with Gasteiger partial charge < -0.3 is 54.2 Å². The van der Waals surface area contributed by atoms with Gasteiger partial charge in [0.15, 0.2) is 23.0 Å². The van der Waals surface area contributed by atoms with Crippen LogP contribution in [0, 0.1) is 5.92 Å². The fourth-order valence-electron chi connectivity index (χ4n) is 9.05. The molecular formula is C57H61N7O12. The van der Waals surface area contributed by atoms with Crippen LogP contribution in [-0.2, 0) is 19.1 Å². The van der Waals surface area contributed by atoms with E-state index in [-0.39, 0.29) is 36.4 Å². The van der Waals surface area contributed by atoms with E-state index >= 15 is 0 Å². The fourth-order valence-corrected chi connectivity index (χ4v) is 9.05. The third kappa shape index (κ3) is 12.1. The largest absolute Gasteiger partial charge is 0.493 e. The highest BCUT2D eigenvalue weighted by Crippen LogP contribution is 2.42. The van der Waals surface area contributed by atoms with Crippen molar-refractivity contribution in [1.82, 2.24) is 20.4 Å². The number of fused-ring (bicyclic) bond motifs is 4. The number of nitrogens with zero attached hydrogens (tertiary/aromatic N) is 4. The highest BCUT2D eigenvalue weighted by atomic mass is 16.5. The summed E-state index contributed by atoms with van der Waals surface area (Å²) in [5.41, 5.74) is 6.30. The molecule has 0 spiro atoms. The molecule has 0 aromatic heterocycles. The maximum atomic E-state index is 14.0. The predicted octanol–water partition coefficient (Wildman–Crippen LogP) is 8.44. The molecule has 76 heavy (non-hydrogen) atoms. The monoisotopic (exact) mass is 1040 g/mol. The average Bonchev–Trinajstić information content (AvgIpc) is 4.01. The first-order chi connectivity index (χ1) is 36.7. The van der Waals surface area contributed by atoms with E-state index in [2.05, 4.69) is 22.5 Å². The van der Waals surface area contributed by atoms with Crippen LogP contribution in [0.5, 0.6) is 23.0 Å². The summed E-state index contributed by atoms with van der Waals surface area (Å²) in [5, 5.41) is 8.00. The SMILES string of the molecule is C=CCOC(=O)N[C@H](C(=O)N[C@@H](C)C(=O)Nc1ccc(C2=CN3C(=O)c4cc(OC)c(OCCCCCOc5cc6c(cc5OC)C(=O)N5C=C(c7ccc(C(=O)OC)cc7)C[C@H]5C=N6)cc4N=C[C@@H]3C2)cc1)C(C)C. The van der Waals surface area contributed by atoms with E-state index in [1.54, 1.807) is 91.5 Å². The molecular weight excluding hydrogens is 975 g/mol. The first-order valence-electron chi connectivity index (χ1n) is 25.0. The van der Waals surface area contributed by atoms with Gasteiger partial charge in [-0.05, 0) is 90.8 Å². The van der Waals surface area contributed by atoms with Gasteiger partial charge >= 0.3 is 12.1 Å². The lowest BCUT2D eigenvalue weighted by Gasteiger charge is -2.23. The van der Waals surface area contributed by atoms with E-state index in [0.29, 0.717) is 95.6 Å². The number of benzene rings is 4. The Morgan fingerprint density at radius 1 is 0.684 bits per heavy atom. The van der Waals surface area contributed by atoms with Crippen LogP contribution in [0.4, 0.5) is 21.9 Å². The summed E-state index contributed by atoms with van der Waals surface area (Å²) in [6, 6.07) is 18.6. The van der Waals surface area contributed by atoms with Crippen LogP contribution in [0.3, 0.4) is 0 Å². The molecule has 0 saturated carbocycles. The summed E-state index contributed by atoms with van der Waals surface area (Å²) >= 11 is 0. The number of rotatable bonds is 21. The van der Waals surface area contributed by atoms with Gasteiger partial charge in [-0.15, -0.1) is 0 Å². The highest BCUT2D eigenvalue weighted by molar-refractivity contribution is 6.07. The number of nitrogens with one attached hydrogen (secondary N) is 3. The zero-order valence-electron chi connectivity index (χ0n) is 43.3. The number of hydrogen-bond donors (Lipinski definition) is 3. The molecule has 4 aliphatic rings. The topological polar surface area (TPSA) is 225 Å². The first kappa shape index (κ1) is 53.5. The number of methoxy groups -OCH3 is 3. The minimum Gasteiger partial charge on any atom is -0.493 e. The minimum absolute atomic E-state index is 0.00629. The summed E-state index contributed by atoms with van der Waals surface area (Å²) in [6.45, 7) is 9.34. The lowest BCUT2D eigenvalue weighted by atomic mass is 10.0. The van der Waals surface area contributed by atoms with Gasteiger partial charge in [-0.3, -0.25) is 29.2 Å². The standard InChI is InChI=1S/C57H61N7O12/c1-8-20-76-57(70)62-51(33(2)3)53(66)60-34(4)52(65)61-40-18-16-36(17-19-40)39-24-42-30-59-46-28-50(48(72-6)26-44(46)55(68)64(42)32-39)75-22-11-9-10-21-74-49-27-45-43(25-47(49)71-5)54(67)63-31-38(23-41(63)29-58-45)35-12-14-37(15-13-35)56(69)73-7/h8,12-19,25-34,41-42,51H,1,9-11,20-24H2,2-7H3,(H,60,66)(H,61,65)(H,62,70)/t34-,41-,42-,51-/m0/s1. The Morgan fingerprint density at radius 2 is 1.20 bits per heavy atom. The summed E-state index contributed by atoms with van der Waals surface area (Å²) in [4.78, 5) is 90.6. The maximum absolute atomic E-state index is 14.0. The number of alkyl carbamates (subject to hydrolysis) is 1. The van der Waals surface area contributed by atoms with E-state index in [1.807, 2.05) is 36.7 Å². The number of aliphatic imine (C=N–C) groups is 2. The van der Waals surface area contributed by atoms with E-state index in [9.17, 15) is 28.8 Å². The number of carbonyl (C=O) groups excluding carboxylic acids is 6. The Morgan fingerprint density at radius 3 is 1.67 bits per heavy atom. The third-order valence-electron chi connectivity index (χ3n) is 13.2. The van der Waals surface area contributed by atoms with Crippen LogP contribution in [0.15, 0.2) is 108 Å². The van der Waals surface area contributed by atoms with Crippen molar-refractivity contribution in [3.8, 4) is 23.0 Å². The van der Waals surface area contributed by atoms with Gasteiger partial charge in [-0.25, -0.2) is 9.59 Å². The molecule has 3 N–H and O–H groups in total. The maximum Gasteiger partial charge on any atom is 0.408 e. The molecule has 0 fully saturated rings. The second-order valence-corrected chi connectivity index (χ2v) is 18.7. The number of esters is 1. The third-order valence-corrected chi connectivity index (χ3v) is 13.2. The molecule has 0 aliphatic carbocycles. The van der Waals surface area contributed by atoms with E-state index in [1.165, 1.54) is 27.4 Å². The normalized spacial score (nSPS) is 16.8. The van der Waals surface area contributed by atoms with Gasteiger partial charge in [-0.1, -0.05) is 50.8 Å². The number of amides is 5. The van der Waals surface area contributed by atoms with Crippen LogP contribution in [0.2, 0.25) is 0 Å². The van der Waals surface area contributed by atoms with Crippen molar-refractivity contribution in [1.29, 1.82) is 0 Å². The van der Waals surface area contributed by atoms with E-state index in [4.69, 9.17) is 38.4 Å². The molecule has 0 saturated heterocycles. The Labute approximate surface area is 440 Å². The second-order valence-electron chi connectivity index (χ2n) is 18.7. The van der Waals surface area contributed by atoms with Gasteiger partial charge in [0.2, 0.25) is 11.8 Å². The number of unbranched alkanes of at least 4 members (excludes halogenated alkanes) is 2. The smallest absolute Gasteiger partial charge is 0.408 e. The number of ether oxygens (including phenoxy) is 6. The first-order valence-corrected chi connectivity index (χ1v) is 25.0. The van der Waals surface area contributed by atoms with Crippen molar-refractivity contribution in [3.05, 3.63) is 126 Å². The van der Waals surface area contributed by atoms with Gasteiger partial charge in [0.05, 0.1) is 74.7 Å². The highest BCUT2D eigenvalue weighted by Gasteiger charge is 2.36. The quantitative estimate of drug-likeness (QED) is 0.0406.